The first-order valence-corrected chi connectivity index (χ1v) is 7.94. The number of aromatic nitrogens is 2. The molecule has 0 amide bonds. The van der Waals surface area contributed by atoms with Crippen molar-refractivity contribution in [1.29, 1.82) is 0 Å². The summed E-state index contributed by atoms with van der Waals surface area (Å²) in [5.41, 5.74) is 1.90. The van der Waals surface area contributed by atoms with E-state index in [0.29, 0.717) is 36.1 Å². The maximum Gasteiger partial charge on any atom is 0.339 e. The summed E-state index contributed by atoms with van der Waals surface area (Å²) in [4.78, 5) is 11.6. The van der Waals surface area contributed by atoms with Gasteiger partial charge >= 0.3 is 5.97 Å². The number of carboxylic acids is 1. The van der Waals surface area contributed by atoms with Gasteiger partial charge in [-0.3, -0.25) is 0 Å². The quantitative estimate of drug-likeness (QED) is 0.842. The van der Waals surface area contributed by atoms with Crippen LogP contribution in [0.4, 0.5) is 5.82 Å². The third-order valence-corrected chi connectivity index (χ3v) is 4.63. The molecule has 1 fully saturated rings. The Hall–Kier alpha value is -1.65. The SMILES string of the molecule is CCc1nnc(NCC2CCCC2C)c(C(=O)O)c1CC. The fourth-order valence-electron chi connectivity index (χ4n) is 3.28. The van der Waals surface area contributed by atoms with Crippen LogP contribution in [0.25, 0.3) is 0 Å². The molecule has 116 valence electrons. The van der Waals surface area contributed by atoms with Crippen molar-refractivity contribution < 1.29 is 9.90 Å². The molecule has 1 aromatic heterocycles. The predicted octanol–water partition coefficient (Wildman–Crippen LogP) is 3.15. The van der Waals surface area contributed by atoms with E-state index in [2.05, 4.69) is 22.4 Å². The molecule has 2 N–H and O–H groups in total. The molecule has 5 heteroatoms. The molecule has 1 saturated carbocycles. The zero-order valence-electron chi connectivity index (χ0n) is 13.1. The Morgan fingerprint density at radius 2 is 2.05 bits per heavy atom. The van der Waals surface area contributed by atoms with E-state index in [9.17, 15) is 9.90 Å². The minimum absolute atomic E-state index is 0.301. The average Bonchev–Trinajstić information content (AvgIpc) is 2.88. The summed E-state index contributed by atoms with van der Waals surface area (Å²) in [5, 5.41) is 21.1. The van der Waals surface area contributed by atoms with Crippen molar-refractivity contribution in [2.24, 2.45) is 11.8 Å². The lowest BCUT2D eigenvalue weighted by atomic mass is 9.98. The molecule has 0 aliphatic heterocycles. The maximum atomic E-state index is 11.6. The van der Waals surface area contributed by atoms with E-state index in [4.69, 9.17) is 0 Å². The largest absolute Gasteiger partial charge is 0.478 e. The maximum absolute atomic E-state index is 11.6. The second-order valence-electron chi connectivity index (χ2n) is 5.91. The van der Waals surface area contributed by atoms with Crippen molar-refractivity contribution in [1.82, 2.24) is 10.2 Å². The zero-order valence-corrected chi connectivity index (χ0v) is 13.1. The lowest BCUT2D eigenvalue weighted by Gasteiger charge is -2.18. The molecule has 0 radical (unpaired) electrons. The van der Waals surface area contributed by atoms with Gasteiger partial charge in [-0.25, -0.2) is 4.79 Å². The fraction of sp³-hybridized carbons (Fsp3) is 0.688. The molecule has 1 aliphatic carbocycles. The standard InChI is InChI=1S/C16H25N3O2/c1-4-12-13(5-2)18-19-15(14(12)16(20)21)17-9-11-8-6-7-10(11)3/h10-11H,4-9H2,1-3H3,(H,17,19)(H,20,21). The highest BCUT2D eigenvalue weighted by molar-refractivity contribution is 5.95. The van der Waals surface area contributed by atoms with Crippen LogP contribution in [0.15, 0.2) is 0 Å². The van der Waals surface area contributed by atoms with Crippen molar-refractivity contribution in [3.05, 3.63) is 16.8 Å². The average molecular weight is 291 g/mol. The van der Waals surface area contributed by atoms with Gasteiger partial charge in [0, 0.05) is 6.54 Å². The zero-order chi connectivity index (χ0) is 15.4. The third-order valence-electron chi connectivity index (χ3n) is 4.63. The number of aryl methyl sites for hydroxylation is 1. The number of nitrogens with zero attached hydrogens (tertiary/aromatic N) is 2. The number of hydrogen-bond donors (Lipinski definition) is 2. The van der Waals surface area contributed by atoms with E-state index in [1.54, 1.807) is 0 Å². The van der Waals surface area contributed by atoms with E-state index in [0.717, 1.165) is 17.8 Å². The van der Waals surface area contributed by atoms with Gasteiger partial charge < -0.3 is 10.4 Å². The summed E-state index contributed by atoms with van der Waals surface area (Å²) in [7, 11) is 0. The van der Waals surface area contributed by atoms with Gasteiger partial charge in [0.25, 0.3) is 0 Å². The number of carboxylic acid groups (broad SMARTS) is 1. The molecule has 2 rings (SSSR count). The van der Waals surface area contributed by atoms with E-state index >= 15 is 0 Å². The lowest BCUT2D eigenvalue weighted by Crippen LogP contribution is -2.21. The smallest absolute Gasteiger partial charge is 0.339 e. The van der Waals surface area contributed by atoms with Crippen LogP contribution in [0.1, 0.15) is 61.6 Å². The number of anilines is 1. The van der Waals surface area contributed by atoms with Crippen LogP contribution in [0.3, 0.4) is 0 Å². The Morgan fingerprint density at radius 3 is 2.57 bits per heavy atom. The van der Waals surface area contributed by atoms with Crippen LogP contribution in [0, 0.1) is 11.8 Å². The number of nitrogens with one attached hydrogen (secondary N) is 1. The molecule has 2 unspecified atom stereocenters. The molecule has 1 heterocycles. The van der Waals surface area contributed by atoms with Gasteiger partial charge in [-0.05, 0) is 36.7 Å². The monoisotopic (exact) mass is 291 g/mol. The first-order valence-electron chi connectivity index (χ1n) is 7.94. The molecule has 2 atom stereocenters. The van der Waals surface area contributed by atoms with E-state index in [1.165, 1.54) is 19.3 Å². The fourth-order valence-corrected chi connectivity index (χ4v) is 3.28. The normalized spacial score (nSPS) is 21.5. The first-order chi connectivity index (χ1) is 10.1. The summed E-state index contributed by atoms with van der Waals surface area (Å²) in [6, 6.07) is 0. The highest BCUT2D eigenvalue weighted by atomic mass is 16.4. The van der Waals surface area contributed by atoms with Gasteiger partial charge in [-0.15, -0.1) is 5.10 Å². The highest BCUT2D eigenvalue weighted by Gasteiger charge is 2.25. The summed E-state index contributed by atoms with van der Waals surface area (Å²) in [6.07, 6.45) is 5.10. The Morgan fingerprint density at radius 1 is 1.29 bits per heavy atom. The van der Waals surface area contributed by atoms with Crippen LogP contribution in [0.2, 0.25) is 0 Å². The highest BCUT2D eigenvalue weighted by Crippen LogP contribution is 2.31. The summed E-state index contributed by atoms with van der Waals surface area (Å²) in [6.45, 7) is 6.99. The molecule has 0 saturated heterocycles. The van der Waals surface area contributed by atoms with Gasteiger partial charge in [0.05, 0.1) is 5.69 Å². The van der Waals surface area contributed by atoms with Gasteiger partial charge in [-0.1, -0.05) is 33.6 Å². The van der Waals surface area contributed by atoms with Crippen LogP contribution in [0.5, 0.6) is 0 Å². The lowest BCUT2D eigenvalue weighted by molar-refractivity contribution is 0.0696. The molecular weight excluding hydrogens is 266 g/mol. The second kappa shape index (κ2) is 6.87. The molecular formula is C16H25N3O2. The van der Waals surface area contributed by atoms with E-state index in [1.807, 2.05) is 13.8 Å². The van der Waals surface area contributed by atoms with Gasteiger partial charge in [-0.2, -0.15) is 5.10 Å². The van der Waals surface area contributed by atoms with Crippen LogP contribution < -0.4 is 5.32 Å². The minimum atomic E-state index is -0.918. The Labute approximate surface area is 126 Å². The van der Waals surface area contributed by atoms with Crippen LogP contribution >= 0.6 is 0 Å². The molecule has 0 bridgehead atoms. The molecule has 21 heavy (non-hydrogen) atoms. The molecule has 1 aliphatic rings. The van der Waals surface area contributed by atoms with Crippen molar-refractivity contribution in [3.8, 4) is 0 Å². The molecule has 0 spiro atoms. The third kappa shape index (κ3) is 3.34. The van der Waals surface area contributed by atoms with Crippen molar-refractivity contribution in [3.63, 3.8) is 0 Å². The minimum Gasteiger partial charge on any atom is -0.478 e. The number of hydrogen-bond acceptors (Lipinski definition) is 4. The van der Waals surface area contributed by atoms with E-state index in [-0.39, 0.29) is 0 Å². The van der Waals surface area contributed by atoms with Gasteiger partial charge in [0.15, 0.2) is 5.82 Å². The number of carbonyl (C=O) groups is 1. The Balaban J connectivity index is 2.24. The number of rotatable bonds is 6. The van der Waals surface area contributed by atoms with Crippen LogP contribution in [-0.2, 0) is 12.8 Å². The van der Waals surface area contributed by atoms with E-state index < -0.39 is 5.97 Å². The summed E-state index contributed by atoms with van der Waals surface area (Å²) in [5.74, 6) is 0.803. The van der Waals surface area contributed by atoms with Crippen molar-refractivity contribution in [2.75, 3.05) is 11.9 Å². The summed E-state index contributed by atoms with van der Waals surface area (Å²) >= 11 is 0. The molecule has 1 aromatic rings. The predicted molar refractivity (Wildman–Crippen MR) is 82.7 cm³/mol. The second-order valence-corrected chi connectivity index (χ2v) is 5.91. The molecule has 5 nitrogen and oxygen atoms in total. The van der Waals surface area contributed by atoms with Crippen molar-refractivity contribution in [2.45, 2.75) is 52.9 Å². The number of aromatic carboxylic acids is 1. The van der Waals surface area contributed by atoms with Gasteiger partial charge in [0.1, 0.15) is 5.56 Å². The topological polar surface area (TPSA) is 75.1 Å². The van der Waals surface area contributed by atoms with Gasteiger partial charge in [0.2, 0.25) is 0 Å². The van der Waals surface area contributed by atoms with Crippen LogP contribution in [-0.4, -0.2) is 27.8 Å². The summed E-state index contributed by atoms with van der Waals surface area (Å²) < 4.78 is 0. The molecule has 0 aromatic carbocycles. The van der Waals surface area contributed by atoms with Crippen molar-refractivity contribution >= 4 is 11.8 Å². The Bertz CT molecular complexity index is 516. The Kier molecular flexibility index (Phi) is 5.15. The first kappa shape index (κ1) is 15.7.